The highest BCUT2D eigenvalue weighted by atomic mass is 35.5. The first-order valence-electron chi connectivity index (χ1n) is 8.69. The molecular formula is C19H23ClN4O3. The van der Waals surface area contributed by atoms with Gasteiger partial charge in [0.2, 0.25) is 0 Å². The summed E-state index contributed by atoms with van der Waals surface area (Å²) in [5, 5.41) is 14.5. The fourth-order valence-corrected chi connectivity index (χ4v) is 3.24. The second kappa shape index (κ2) is 9.34. The number of hydrogen-bond acceptors (Lipinski definition) is 5. The van der Waals surface area contributed by atoms with Crippen LogP contribution in [0.25, 0.3) is 0 Å². The average Bonchev–Trinajstić information content (AvgIpc) is 2.65. The topological polar surface area (TPSA) is 102 Å². The van der Waals surface area contributed by atoms with E-state index in [1.54, 1.807) is 0 Å². The number of anilines is 1. The van der Waals surface area contributed by atoms with Gasteiger partial charge in [0.15, 0.2) is 0 Å². The van der Waals surface area contributed by atoms with Crippen molar-refractivity contribution >= 4 is 28.9 Å². The van der Waals surface area contributed by atoms with Crippen molar-refractivity contribution in [3.8, 4) is 0 Å². The second-order valence-electron chi connectivity index (χ2n) is 6.00. The molecule has 27 heavy (non-hydrogen) atoms. The highest BCUT2D eigenvalue weighted by Crippen LogP contribution is 2.27. The van der Waals surface area contributed by atoms with Crippen LogP contribution in [0.4, 0.5) is 11.4 Å². The lowest BCUT2D eigenvalue weighted by molar-refractivity contribution is -0.383. The van der Waals surface area contributed by atoms with Crippen molar-refractivity contribution in [2.75, 3.05) is 25.4 Å². The van der Waals surface area contributed by atoms with E-state index < -0.39 is 10.8 Å². The second-order valence-corrected chi connectivity index (χ2v) is 6.41. The lowest BCUT2D eigenvalue weighted by Gasteiger charge is -2.31. The molecule has 0 aliphatic heterocycles. The van der Waals surface area contributed by atoms with E-state index in [1.807, 2.05) is 38.1 Å². The molecule has 0 saturated heterocycles. The van der Waals surface area contributed by atoms with E-state index >= 15 is 0 Å². The maximum Gasteiger partial charge on any atom is 0.292 e. The summed E-state index contributed by atoms with van der Waals surface area (Å²) in [5.41, 5.74) is 6.44. The van der Waals surface area contributed by atoms with Crippen LogP contribution in [0.2, 0.25) is 5.02 Å². The van der Waals surface area contributed by atoms with Gasteiger partial charge >= 0.3 is 0 Å². The van der Waals surface area contributed by atoms with Gasteiger partial charge in [-0.2, -0.15) is 0 Å². The Kier molecular flexibility index (Phi) is 7.15. The third-order valence-electron chi connectivity index (χ3n) is 4.46. The first-order chi connectivity index (χ1) is 12.9. The molecule has 8 heteroatoms. The van der Waals surface area contributed by atoms with Crippen LogP contribution >= 0.6 is 11.6 Å². The summed E-state index contributed by atoms with van der Waals surface area (Å²) in [7, 11) is 0. The van der Waals surface area contributed by atoms with Crippen molar-refractivity contribution in [1.82, 2.24) is 10.2 Å². The Labute approximate surface area is 163 Å². The SMILES string of the molecule is CCN(CC)C(CNC(=O)c1ccc(N)c([N+](=O)[O-])c1)c1ccccc1Cl. The molecule has 0 radical (unpaired) electrons. The van der Waals surface area contributed by atoms with Gasteiger partial charge in [-0.25, -0.2) is 0 Å². The summed E-state index contributed by atoms with van der Waals surface area (Å²) >= 11 is 6.35. The first kappa shape index (κ1) is 20.7. The Morgan fingerprint density at radius 3 is 2.52 bits per heavy atom. The number of carbonyl (C=O) groups is 1. The number of nitrogens with zero attached hydrogens (tertiary/aromatic N) is 2. The van der Waals surface area contributed by atoms with Gasteiger partial charge in [-0.05, 0) is 36.9 Å². The molecular weight excluding hydrogens is 368 g/mol. The molecule has 0 aromatic heterocycles. The van der Waals surface area contributed by atoms with Gasteiger partial charge in [-0.15, -0.1) is 0 Å². The van der Waals surface area contributed by atoms with Crippen LogP contribution in [-0.2, 0) is 0 Å². The van der Waals surface area contributed by atoms with Crippen LogP contribution < -0.4 is 11.1 Å². The van der Waals surface area contributed by atoms with E-state index in [9.17, 15) is 14.9 Å². The predicted octanol–water partition coefficient (Wildman–Crippen LogP) is 3.64. The summed E-state index contributed by atoms with van der Waals surface area (Å²) < 4.78 is 0. The standard InChI is InChI=1S/C19H23ClN4O3/c1-3-23(4-2)18(14-7-5-6-8-15(14)20)12-22-19(25)13-9-10-16(21)17(11-13)24(26)27/h5-11,18H,3-4,12,21H2,1-2H3,(H,22,25). The minimum Gasteiger partial charge on any atom is -0.393 e. The minimum atomic E-state index is -0.603. The number of nitro groups is 1. The van der Waals surface area contributed by atoms with E-state index in [0.29, 0.717) is 11.6 Å². The number of amides is 1. The van der Waals surface area contributed by atoms with Crippen molar-refractivity contribution in [1.29, 1.82) is 0 Å². The number of nitrogens with one attached hydrogen (secondary N) is 1. The fourth-order valence-electron chi connectivity index (χ4n) is 2.98. The van der Waals surface area contributed by atoms with Crippen molar-refractivity contribution in [3.63, 3.8) is 0 Å². The van der Waals surface area contributed by atoms with E-state index in [0.717, 1.165) is 18.7 Å². The van der Waals surface area contributed by atoms with Crippen molar-refractivity contribution < 1.29 is 9.72 Å². The molecule has 0 fully saturated rings. The number of benzene rings is 2. The van der Waals surface area contributed by atoms with E-state index in [-0.39, 0.29) is 23.0 Å². The highest BCUT2D eigenvalue weighted by molar-refractivity contribution is 6.31. The number of carbonyl (C=O) groups excluding carboxylic acids is 1. The largest absolute Gasteiger partial charge is 0.393 e. The number of nitrogen functional groups attached to an aromatic ring is 1. The molecule has 0 heterocycles. The molecule has 2 aromatic rings. The van der Waals surface area contributed by atoms with Gasteiger partial charge < -0.3 is 11.1 Å². The molecule has 0 aliphatic rings. The van der Waals surface area contributed by atoms with Crippen LogP contribution in [0.3, 0.4) is 0 Å². The summed E-state index contributed by atoms with van der Waals surface area (Å²) in [6.45, 7) is 5.98. The zero-order valence-electron chi connectivity index (χ0n) is 15.3. The van der Waals surface area contributed by atoms with Gasteiger partial charge in [0, 0.05) is 23.2 Å². The molecule has 1 atom stereocenters. The monoisotopic (exact) mass is 390 g/mol. The van der Waals surface area contributed by atoms with Gasteiger partial charge in [0.05, 0.1) is 11.0 Å². The number of rotatable bonds is 8. The van der Waals surface area contributed by atoms with Gasteiger partial charge in [0.1, 0.15) is 5.69 Å². The molecule has 144 valence electrons. The number of likely N-dealkylation sites (N-methyl/N-ethyl adjacent to an activating group) is 1. The summed E-state index contributed by atoms with van der Waals surface area (Å²) in [6.07, 6.45) is 0. The van der Waals surface area contributed by atoms with Crippen LogP contribution in [-0.4, -0.2) is 35.4 Å². The molecule has 0 spiro atoms. The smallest absolute Gasteiger partial charge is 0.292 e. The molecule has 1 amide bonds. The molecule has 2 rings (SSSR count). The van der Waals surface area contributed by atoms with E-state index in [1.165, 1.54) is 18.2 Å². The zero-order valence-corrected chi connectivity index (χ0v) is 16.1. The predicted molar refractivity (Wildman–Crippen MR) is 107 cm³/mol. The lowest BCUT2D eigenvalue weighted by Crippen LogP contribution is -2.38. The average molecular weight is 391 g/mol. The Balaban J connectivity index is 2.22. The van der Waals surface area contributed by atoms with E-state index in [2.05, 4.69) is 10.2 Å². The summed E-state index contributed by atoms with van der Waals surface area (Å²) in [5.74, 6) is -0.401. The number of halogens is 1. The molecule has 0 saturated carbocycles. The van der Waals surface area contributed by atoms with Crippen LogP contribution in [0.5, 0.6) is 0 Å². The molecule has 3 N–H and O–H groups in total. The number of nitrogens with two attached hydrogens (primary N) is 1. The maximum atomic E-state index is 12.5. The van der Waals surface area contributed by atoms with Crippen LogP contribution in [0, 0.1) is 10.1 Å². The maximum absolute atomic E-state index is 12.5. The third-order valence-corrected chi connectivity index (χ3v) is 4.81. The van der Waals surface area contributed by atoms with Gasteiger partial charge in [-0.1, -0.05) is 43.6 Å². The summed E-state index contributed by atoms with van der Waals surface area (Å²) in [4.78, 5) is 25.1. The quantitative estimate of drug-likeness (QED) is 0.407. The van der Waals surface area contributed by atoms with Gasteiger partial charge in [0.25, 0.3) is 11.6 Å². The number of nitro benzene ring substituents is 1. The Hall–Kier alpha value is -2.64. The Morgan fingerprint density at radius 1 is 1.26 bits per heavy atom. The fraction of sp³-hybridized carbons (Fsp3) is 0.316. The molecule has 0 bridgehead atoms. The number of hydrogen-bond donors (Lipinski definition) is 2. The minimum absolute atomic E-state index is 0.0219. The third kappa shape index (κ3) is 4.96. The normalized spacial score (nSPS) is 12.0. The zero-order chi connectivity index (χ0) is 20.0. The van der Waals surface area contributed by atoms with E-state index in [4.69, 9.17) is 17.3 Å². The Bertz CT molecular complexity index is 824. The molecule has 7 nitrogen and oxygen atoms in total. The Morgan fingerprint density at radius 2 is 1.93 bits per heavy atom. The highest BCUT2D eigenvalue weighted by Gasteiger charge is 2.22. The van der Waals surface area contributed by atoms with Crippen LogP contribution in [0.15, 0.2) is 42.5 Å². The lowest BCUT2D eigenvalue weighted by atomic mass is 10.0. The first-order valence-corrected chi connectivity index (χ1v) is 9.07. The van der Waals surface area contributed by atoms with Crippen molar-refractivity contribution in [2.45, 2.75) is 19.9 Å². The van der Waals surface area contributed by atoms with Crippen molar-refractivity contribution in [3.05, 3.63) is 68.7 Å². The van der Waals surface area contributed by atoms with Crippen molar-refractivity contribution in [2.24, 2.45) is 0 Å². The summed E-state index contributed by atoms with van der Waals surface area (Å²) in [6, 6.07) is 11.4. The van der Waals surface area contributed by atoms with Gasteiger partial charge in [-0.3, -0.25) is 19.8 Å². The molecule has 0 aliphatic carbocycles. The van der Waals surface area contributed by atoms with Crippen LogP contribution in [0.1, 0.15) is 35.8 Å². The molecule has 1 unspecified atom stereocenters. The molecule has 2 aromatic carbocycles.